The highest BCUT2D eigenvalue weighted by Gasteiger charge is 2.18. The van der Waals surface area contributed by atoms with Crippen molar-refractivity contribution in [1.29, 1.82) is 0 Å². The summed E-state index contributed by atoms with van der Waals surface area (Å²) >= 11 is 5.81. The van der Waals surface area contributed by atoms with Crippen LogP contribution in [0.15, 0.2) is 47.3 Å². The number of rotatable bonds is 6. The van der Waals surface area contributed by atoms with Gasteiger partial charge in [0.2, 0.25) is 0 Å². The number of aryl methyl sites for hydroxylation is 1. The molecule has 184 valence electrons. The van der Waals surface area contributed by atoms with Gasteiger partial charge in [-0.05, 0) is 49.0 Å². The van der Waals surface area contributed by atoms with Gasteiger partial charge >= 0.3 is 0 Å². The number of nitrogens with one attached hydrogen (secondary N) is 2. The van der Waals surface area contributed by atoms with Crippen LogP contribution in [-0.2, 0) is 11.3 Å². The fourth-order valence-electron chi connectivity index (χ4n) is 4.38. The lowest BCUT2D eigenvalue weighted by Crippen LogP contribution is -2.44. The van der Waals surface area contributed by atoms with E-state index in [1.165, 1.54) is 0 Å². The highest BCUT2D eigenvalue weighted by Crippen LogP contribution is 2.33. The Morgan fingerprint density at radius 2 is 1.86 bits per heavy atom. The number of pyridine rings is 1. The van der Waals surface area contributed by atoms with Gasteiger partial charge in [0.05, 0.1) is 25.3 Å². The molecule has 1 saturated heterocycles. The van der Waals surface area contributed by atoms with E-state index in [4.69, 9.17) is 26.4 Å². The monoisotopic (exact) mass is 494 g/mol. The van der Waals surface area contributed by atoms with Crippen LogP contribution in [-0.4, -0.2) is 72.5 Å². The van der Waals surface area contributed by atoms with E-state index in [1.807, 2.05) is 43.3 Å². The summed E-state index contributed by atoms with van der Waals surface area (Å²) in [4.78, 5) is 20.4. The number of morpholine rings is 1. The first kappa shape index (κ1) is 23.6. The summed E-state index contributed by atoms with van der Waals surface area (Å²) in [5, 5.41) is 4.84. The number of hydrogen-bond acceptors (Lipinski definition) is 6. The molecule has 0 spiro atoms. The zero-order valence-electron chi connectivity index (χ0n) is 19.8. The third kappa shape index (κ3) is 5.75. The highest BCUT2D eigenvalue weighted by molar-refractivity contribution is 7.80. The summed E-state index contributed by atoms with van der Waals surface area (Å²) in [5.74, 6) is 1.35. The first-order valence-corrected chi connectivity index (χ1v) is 12.3. The average molecular weight is 495 g/mol. The molecular formula is C26H30N4O4S. The number of aromatic nitrogens is 1. The number of ether oxygens (including phenoxy) is 3. The van der Waals surface area contributed by atoms with Gasteiger partial charge in [0.1, 0.15) is 13.2 Å². The second kappa shape index (κ2) is 10.6. The van der Waals surface area contributed by atoms with Crippen molar-refractivity contribution < 1.29 is 14.2 Å². The molecule has 1 aromatic heterocycles. The summed E-state index contributed by atoms with van der Waals surface area (Å²) < 4.78 is 16.9. The first-order valence-electron chi connectivity index (χ1n) is 11.9. The van der Waals surface area contributed by atoms with Crippen LogP contribution >= 0.6 is 12.2 Å². The van der Waals surface area contributed by atoms with Gasteiger partial charge in [-0.1, -0.05) is 12.1 Å². The van der Waals surface area contributed by atoms with Crippen LogP contribution in [0, 0.1) is 6.92 Å². The molecule has 0 atom stereocenters. The molecule has 2 N–H and O–H groups in total. The summed E-state index contributed by atoms with van der Waals surface area (Å²) in [6, 6.07) is 13.8. The van der Waals surface area contributed by atoms with Crippen LogP contribution in [0.5, 0.6) is 11.5 Å². The van der Waals surface area contributed by atoms with Crippen molar-refractivity contribution in [3.63, 3.8) is 0 Å². The summed E-state index contributed by atoms with van der Waals surface area (Å²) in [6.45, 7) is 8.27. The van der Waals surface area contributed by atoms with Crippen molar-refractivity contribution in [2.45, 2.75) is 13.5 Å². The van der Waals surface area contributed by atoms with E-state index in [-0.39, 0.29) is 5.56 Å². The highest BCUT2D eigenvalue weighted by atomic mass is 32.1. The predicted octanol–water partition coefficient (Wildman–Crippen LogP) is 3.14. The molecule has 0 bridgehead atoms. The molecule has 1 fully saturated rings. The van der Waals surface area contributed by atoms with Crippen LogP contribution in [0.1, 0.15) is 11.1 Å². The molecule has 0 radical (unpaired) electrons. The Bertz CT molecular complexity index is 1270. The first-order chi connectivity index (χ1) is 17.0. The fourth-order valence-corrected chi connectivity index (χ4v) is 4.65. The third-order valence-corrected chi connectivity index (χ3v) is 6.65. The van der Waals surface area contributed by atoms with Crippen molar-refractivity contribution in [3.05, 3.63) is 63.9 Å². The number of fused-ring (bicyclic) bond motifs is 2. The molecular weight excluding hydrogens is 464 g/mol. The zero-order valence-corrected chi connectivity index (χ0v) is 20.7. The van der Waals surface area contributed by atoms with Gasteiger partial charge in [-0.25, -0.2) is 0 Å². The molecule has 2 aliphatic rings. The van der Waals surface area contributed by atoms with Crippen LogP contribution in [0.3, 0.4) is 0 Å². The van der Waals surface area contributed by atoms with Crippen LogP contribution in [0.25, 0.3) is 10.9 Å². The molecule has 2 aromatic carbocycles. The SMILES string of the molecule is Cc1cccc(NC(=S)N(CCN2CCOCC2)Cc2cc3cc4c(cc3[nH]c2=O)OCCO4)c1. The third-order valence-electron chi connectivity index (χ3n) is 6.29. The number of hydrogen-bond donors (Lipinski definition) is 2. The Morgan fingerprint density at radius 1 is 1.09 bits per heavy atom. The van der Waals surface area contributed by atoms with Crippen molar-refractivity contribution in [2.24, 2.45) is 0 Å². The number of thiocarbonyl (C=S) groups is 1. The van der Waals surface area contributed by atoms with Gasteiger partial charge in [-0.2, -0.15) is 0 Å². The zero-order chi connectivity index (χ0) is 24.2. The predicted molar refractivity (Wildman–Crippen MR) is 141 cm³/mol. The number of H-pyrrole nitrogens is 1. The molecule has 9 heteroatoms. The van der Waals surface area contributed by atoms with Crippen LogP contribution in [0.4, 0.5) is 5.69 Å². The van der Waals surface area contributed by atoms with Gasteiger partial charge in [-0.15, -0.1) is 0 Å². The maximum absolute atomic E-state index is 13.0. The Morgan fingerprint density at radius 3 is 2.63 bits per heavy atom. The molecule has 0 amide bonds. The second-order valence-corrected chi connectivity index (χ2v) is 9.27. The second-order valence-electron chi connectivity index (χ2n) is 8.88. The van der Waals surface area contributed by atoms with Crippen LogP contribution < -0.4 is 20.3 Å². The molecule has 2 aliphatic heterocycles. The van der Waals surface area contributed by atoms with E-state index in [2.05, 4.69) is 26.2 Å². The van der Waals surface area contributed by atoms with Crippen molar-refractivity contribution in [2.75, 3.05) is 57.9 Å². The number of aromatic amines is 1. The summed E-state index contributed by atoms with van der Waals surface area (Å²) in [7, 11) is 0. The number of benzene rings is 2. The molecule has 35 heavy (non-hydrogen) atoms. The van der Waals surface area contributed by atoms with E-state index in [1.54, 1.807) is 0 Å². The molecule has 5 rings (SSSR count). The standard InChI is InChI=1S/C26H30N4O4S/c1-18-3-2-4-21(13-18)27-26(35)30(6-5-29-7-9-32-10-8-29)17-20-14-19-15-23-24(34-12-11-33-23)16-22(19)28-25(20)31/h2-4,13-16H,5-12,17H2,1H3,(H,27,35)(H,28,31). The largest absolute Gasteiger partial charge is 0.486 e. The van der Waals surface area contributed by atoms with Gasteiger partial charge in [0.25, 0.3) is 5.56 Å². The summed E-state index contributed by atoms with van der Waals surface area (Å²) in [5.41, 5.74) is 3.32. The molecule has 3 aromatic rings. The van der Waals surface area contributed by atoms with E-state index < -0.39 is 0 Å². The quantitative estimate of drug-likeness (QED) is 0.506. The number of anilines is 1. The van der Waals surface area contributed by atoms with Crippen molar-refractivity contribution >= 4 is 33.9 Å². The van der Waals surface area contributed by atoms with Crippen LogP contribution in [0.2, 0.25) is 0 Å². The Kier molecular flexibility index (Phi) is 7.17. The molecule has 0 unspecified atom stereocenters. The fraction of sp³-hybridized carbons (Fsp3) is 0.385. The molecule has 3 heterocycles. The molecule has 0 saturated carbocycles. The maximum Gasteiger partial charge on any atom is 0.253 e. The van der Waals surface area contributed by atoms with E-state index in [0.29, 0.717) is 48.5 Å². The summed E-state index contributed by atoms with van der Waals surface area (Å²) in [6.07, 6.45) is 0. The van der Waals surface area contributed by atoms with E-state index >= 15 is 0 Å². The van der Waals surface area contributed by atoms with Gasteiger partial charge in [0.15, 0.2) is 16.6 Å². The van der Waals surface area contributed by atoms with E-state index in [0.717, 1.165) is 55.0 Å². The van der Waals surface area contributed by atoms with E-state index in [9.17, 15) is 4.79 Å². The minimum atomic E-state index is -0.135. The Labute approximate surface area is 209 Å². The lowest BCUT2D eigenvalue weighted by molar-refractivity contribution is 0.0358. The maximum atomic E-state index is 13.0. The van der Waals surface area contributed by atoms with Crippen molar-refractivity contribution in [1.82, 2.24) is 14.8 Å². The lowest BCUT2D eigenvalue weighted by atomic mass is 10.1. The topological polar surface area (TPSA) is 79.1 Å². The lowest BCUT2D eigenvalue weighted by Gasteiger charge is -2.31. The minimum Gasteiger partial charge on any atom is -0.486 e. The normalized spacial score (nSPS) is 15.7. The minimum absolute atomic E-state index is 0.135. The Hall–Kier alpha value is -3.14. The average Bonchev–Trinajstić information content (AvgIpc) is 2.86. The van der Waals surface area contributed by atoms with Gasteiger partial charge in [-0.3, -0.25) is 9.69 Å². The molecule has 0 aliphatic carbocycles. The smallest absolute Gasteiger partial charge is 0.253 e. The van der Waals surface area contributed by atoms with Gasteiger partial charge < -0.3 is 29.4 Å². The van der Waals surface area contributed by atoms with Gasteiger partial charge in [0, 0.05) is 48.9 Å². The number of nitrogens with zero attached hydrogens (tertiary/aromatic N) is 2. The Balaban J connectivity index is 1.39. The van der Waals surface area contributed by atoms with Crippen molar-refractivity contribution in [3.8, 4) is 11.5 Å². The molecule has 8 nitrogen and oxygen atoms in total.